The number of sulfone groups is 1. The summed E-state index contributed by atoms with van der Waals surface area (Å²) in [7, 11) is -3.58. The number of hydrogen-bond acceptors (Lipinski definition) is 3. The van der Waals surface area contributed by atoms with Crippen LogP contribution in [0.2, 0.25) is 0 Å². The Morgan fingerprint density at radius 1 is 1.29 bits per heavy atom. The van der Waals surface area contributed by atoms with Gasteiger partial charge in [0.25, 0.3) is 0 Å². The van der Waals surface area contributed by atoms with Gasteiger partial charge >= 0.3 is 0 Å². The summed E-state index contributed by atoms with van der Waals surface area (Å²) in [5.74, 6) is -1.35. The monoisotopic (exact) mass is 259 g/mol. The van der Waals surface area contributed by atoms with E-state index in [0.29, 0.717) is 0 Å². The van der Waals surface area contributed by atoms with Gasteiger partial charge in [0.1, 0.15) is 11.6 Å². The maximum absolute atomic E-state index is 13.0. The van der Waals surface area contributed by atoms with Gasteiger partial charge in [0.05, 0.1) is 4.90 Å². The van der Waals surface area contributed by atoms with Crippen molar-refractivity contribution in [3.8, 4) is 0 Å². The number of benzene rings is 1. The van der Waals surface area contributed by atoms with Crippen molar-refractivity contribution in [2.45, 2.75) is 18.7 Å². The minimum atomic E-state index is -3.58. The SMILES string of the molecule is CC.NC/C=C(\F)CS(=O)(=O)c1ccccc1. The molecule has 0 aliphatic carbocycles. The highest BCUT2D eigenvalue weighted by atomic mass is 32.2. The van der Waals surface area contributed by atoms with E-state index in [9.17, 15) is 12.8 Å². The molecule has 0 fully saturated rings. The van der Waals surface area contributed by atoms with Crippen LogP contribution in [0.4, 0.5) is 4.39 Å². The van der Waals surface area contributed by atoms with Crippen molar-refractivity contribution in [2.75, 3.05) is 12.3 Å². The highest BCUT2D eigenvalue weighted by Crippen LogP contribution is 2.13. The molecule has 0 bridgehead atoms. The number of hydrogen-bond donors (Lipinski definition) is 1. The van der Waals surface area contributed by atoms with Crippen molar-refractivity contribution < 1.29 is 12.8 Å². The van der Waals surface area contributed by atoms with Gasteiger partial charge in [-0.25, -0.2) is 12.8 Å². The van der Waals surface area contributed by atoms with Crippen LogP contribution < -0.4 is 5.73 Å². The first-order valence-corrected chi connectivity index (χ1v) is 7.04. The summed E-state index contributed by atoms with van der Waals surface area (Å²) in [5.41, 5.74) is 5.08. The smallest absolute Gasteiger partial charge is 0.184 e. The van der Waals surface area contributed by atoms with E-state index >= 15 is 0 Å². The van der Waals surface area contributed by atoms with E-state index in [4.69, 9.17) is 5.73 Å². The summed E-state index contributed by atoms with van der Waals surface area (Å²) < 4.78 is 36.2. The summed E-state index contributed by atoms with van der Waals surface area (Å²) in [4.78, 5) is 0.116. The van der Waals surface area contributed by atoms with Crippen LogP contribution >= 0.6 is 0 Å². The topological polar surface area (TPSA) is 60.2 Å². The molecule has 0 aliphatic heterocycles. The lowest BCUT2D eigenvalue weighted by Gasteiger charge is -2.01. The van der Waals surface area contributed by atoms with Gasteiger partial charge in [-0.15, -0.1) is 0 Å². The van der Waals surface area contributed by atoms with Gasteiger partial charge in [-0.2, -0.15) is 0 Å². The zero-order chi connectivity index (χ0) is 13.3. The average Bonchev–Trinajstić information content (AvgIpc) is 2.32. The van der Waals surface area contributed by atoms with Gasteiger partial charge in [-0.3, -0.25) is 0 Å². The fourth-order valence-electron chi connectivity index (χ4n) is 1.08. The summed E-state index contributed by atoms with van der Waals surface area (Å²) in [5, 5.41) is 0. The Morgan fingerprint density at radius 3 is 2.29 bits per heavy atom. The Bertz CT molecular complexity index is 441. The van der Waals surface area contributed by atoms with E-state index < -0.39 is 21.4 Å². The van der Waals surface area contributed by atoms with Gasteiger partial charge in [-0.05, 0) is 18.2 Å². The molecule has 0 atom stereocenters. The Kier molecular flexibility index (Phi) is 7.41. The fourth-order valence-corrected chi connectivity index (χ4v) is 2.30. The molecule has 0 unspecified atom stereocenters. The Labute approximate surface area is 102 Å². The van der Waals surface area contributed by atoms with Crippen LogP contribution in [0.1, 0.15) is 13.8 Å². The van der Waals surface area contributed by atoms with Gasteiger partial charge in [0.2, 0.25) is 0 Å². The van der Waals surface area contributed by atoms with E-state index in [1.54, 1.807) is 18.2 Å². The van der Waals surface area contributed by atoms with Crippen LogP contribution in [0.5, 0.6) is 0 Å². The number of rotatable bonds is 4. The molecule has 0 spiro atoms. The lowest BCUT2D eigenvalue weighted by molar-refractivity contribution is 0.583. The third-order valence-electron chi connectivity index (χ3n) is 1.77. The predicted octanol–water partition coefficient (Wildman–Crippen LogP) is 2.30. The van der Waals surface area contributed by atoms with Gasteiger partial charge in [0.15, 0.2) is 9.84 Å². The molecule has 1 aromatic carbocycles. The first-order valence-electron chi connectivity index (χ1n) is 5.38. The second kappa shape index (κ2) is 7.97. The third-order valence-corrected chi connectivity index (χ3v) is 3.42. The first kappa shape index (κ1) is 15.8. The lowest BCUT2D eigenvalue weighted by atomic mass is 10.4. The van der Waals surface area contributed by atoms with Crippen LogP contribution in [-0.2, 0) is 9.84 Å². The van der Waals surface area contributed by atoms with Crippen LogP contribution in [0.3, 0.4) is 0 Å². The normalized spacial score (nSPS) is 11.6. The van der Waals surface area contributed by atoms with Crippen molar-refractivity contribution in [2.24, 2.45) is 5.73 Å². The molecule has 0 amide bonds. The number of nitrogens with two attached hydrogens (primary N) is 1. The standard InChI is InChI=1S/C10H12FNO2S.C2H6/c11-9(6-7-12)8-15(13,14)10-4-2-1-3-5-10;1-2/h1-6H,7-8,12H2;1-2H3/b9-6-;. The first-order chi connectivity index (χ1) is 8.06. The summed E-state index contributed by atoms with van der Waals surface area (Å²) in [6.45, 7) is 4.00. The molecule has 0 aliphatic rings. The van der Waals surface area contributed by atoms with E-state index in [1.807, 2.05) is 13.8 Å². The summed E-state index contributed by atoms with van der Waals surface area (Å²) in [6, 6.07) is 7.76. The summed E-state index contributed by atoms with van der Waals surface area (Å²) >= 11 is 0. The molecular formula is C12H18FNO2S. The number of halogens is 1. The average molecular weight is 259 g/mol. The van der Waals surface area contributed by atoms with Crippen molar-refractivity contribution in [1.29, 1.82) is 0 Å². The van der Waals surface area contributed by atoms with Crippen LogP contribution in [0.15, 0.2) is 47.1 Å². The van der Waals surface area contributed by atoms with Crippen molar-refractivity contribution in [3.63, 3.8) is 0 Å². The second-order valence-corrected chi connectivity index (χ2v) is 4.95. The molecule has 0 heterocycles. The molecule has 1 aromatic rings. The predicted molar refractivity (Wildman–Crippen MR) is 68.1 cm³/mol. The highest BCUT2D eigenvalue weighted by Gasteiger charge is 2.15. The molecule has 3 nitrogen and oxygen atoms in total. The van der Waals surface area contributed by atoms with Crippen LogP contribution in [-0.4, -0.2) is 20.7 Å². The van der Waals surface area contributed by atoms with Gasteiger partial charge in [0, 0.05) is 6.54 Å². The molecule has 2 N–H and O–H groups in total. The zero-order valence-electron chi connectivity index (χ0n) is 10.1. The van der Waals surface area contributed by atoms with Gasteiger partial charge in [-0.1, -0.05) is 32.0 Å². The highest BCUT2D eigenvalue weighted by molar-refractivity contribution is 7.91. The second-order valence-electron chi connectivity index (χ2n) is 2.96. The van der Waals surface area contributed by atoms with E-state index in [0.717, 1.165) is 6.08 Å². The minimum absolute atomic E-state index is 0.00383. The van der Waals surface area contributed by atoms with Crippen molar-refractivity contribution in [3.05, 3.63) is 42.2 Å². The Balaban J connectivity index is 0.00000121. The van der Waals surface area contributed by atoms with Crippen LogP contribution in [0, 0.1) is 0 Å². The molecule has 0 saturated heterocycles. The molecule has 0 radical (unpaired) electrons. The zero-order valence-corrected chi connectivity index (χ0v) is 10.9. The molecule has 5 heteroatoms. The Hall–Kier alpha value is -1.20. The molecule has 0 saturated carbocycles. The quantitative estimate of drug-likeness (QED) is 0.902. The minimum Gasteiger partial charge on any atom is -0.327 e. The molecule has 96 valence electrons. The fraction of sp³-hybridized carbons (Fsp3) is 0.333. The largest absolute Gasteiger partial charge is 0.327 e. The van der Waals surface area contributed by atoms with Gasteiger partial charge < -0.3 is 5.73 Å². The van der Waals surface area contributed by atoms with E-state index in [2.05, 4.69) is 0 Å². The summed E-state index contributed by atoms with van der Waals surface area (Å²) in [6.07, 6.45) is 1.06. The molecular weight excluding hydrogens is 241 g/mol. The molecule has 0 aromatic heterocycles. The van der Waals surface area contributed by atoms with Crippen LogP contribution in [0.25, 0.3) is 0 Å². The maximum Gasteiger partial charge on any atom is 0.184 e. The third kappa shape index (κ3) is 5.60. The molecule has 1 rings (SSSR count). The molecule has 17 heavy (non-hydrogen) atoms. The Morgan fingerprint density at radius 2 is 1.82 bits per heavy atom. The van der Waals surface area contributed by atoms with Crippen molar-refractivity contribution >= 4 is 9.84 Å². The van der Waals surface area contributed by atoms with E-state index in [-0.39, 0.29) is 11.4 Å². The lowest BCUT2D eigenvalue weighted by Crippen LogP contribution is -2.08. The van der Waals surface area contributed by atoms with Crippen molar-refractivity contribution in [1.82, 2.24) is 0 Å². The maximum atomic E-state index is 13.0. The van der Waals surface area contributed by atoms with E-state index in [1.165, 1.54) is 12.1 Å².